The number of hydrogen-bond acceptors (Lipinski definition) is 16. The van der Waals surface area contributed by atoms with Gasteiger partial charge in [0.1, 0.15) is 24.3 Å². The summed E-state index contributed by atoms with van der Waals surface area (Å²) in [6, 6.07) is 8.79. The summed E-state index contributed by atoms with van der Waals surface area (Å²) in [4.78, 5) is 20.5. The van der Waals surface area contributed by atoms with Crippen LogP contribution in [0.15, 0.2) is 61.4 Å². The zero-order valence-corrected chi connectivity index (χ0v) is 40.0. The third-order valence-electron chi connectivity index (χ3n) is 12.2. The highest BCUT2D eigenvalue weighted by atomic mass is 35.5. The number of nitrogens with one attached hydrogen (secondary N) is 3. The van der Waals surface area contributed by atoms with E-state index in [0.29, 0.717) is 11.4 Å². The standard InChI is InChI=1S/C21H27F2N9.C14H22ClFN4.C7H6FN5.ClH/c1-20(2)9-13(10-21(3,4)31(20)5)26-18-16(23)11-24-19(28-18)27-17-8-14(6-7-15(17)22)32-12-25-29-30-32;1-13(2)6-9(7-14(3,4)20(13)5)18-11-10(16)8-17-12(15)19-11;8-6-2-1-5(3-7(6)9)13-4-10-11-12-13;/h6-8,11-13H,9-10H2,1-5H3,(H2,24,26,27,28);8-9H,6-7H2,1-5H3,(H,17,18,19);1-4H,9H2;1H. The minimum absolute atomic E-state index is 0. The quantitative estimate of drug-likeness (QED) is 0.0656. The van der Waals surface area contributed by atoms with Crippen molar-refractivity contribution in [1.82, 2.24) is 70.2 Å². The van der Waals surface area contributed by atoms with Gasteiger partial charge in [0.2, 0.25) is 11.2 Å². The largest absolute Gasteiger partial charge is 0.396 e. The molecule has 0 amide bonds. The number of nitrogens with two attached hydrogens (primary N) is 1. The van der Waals surface area contributed by atoms with Crippen molar-refractivity contribution in [2.75, 3.05) is 35.8 Å². The fourth-order valence-corrected chi connectivity index (χ4v) is 8.55. The lowest BCUT2D eigenvalue weighted by Crippen LogP contribution is -2.61. The van der Waals surface area contributed by atoms with Gasteiger partial charge in [-0.05, 0) is 164 Å². The van der Waals surface area contributed by atoms with Crippen molar-refractivity contribution in [1.29, 1.82) is 0 Å². The van der Waals surface area contributed by atoms with Gasteiger partial charge in [-0.15, -0.1) is 22.6 Å². The Hall–Kier alpha value is -5.84. The molecule has 2 saturated heterocycles. The first-order valence-electron chi connectivity index (χ1n) is 20.7. The Morgan fingerprint density at radius 1 is 0.621 bits per heavy atom. The summed E-state index contributed by atoms with van der Waals surface area (Å²) in [5, 5.41) is 30.8. The van der Waals surface area contributed by atoms with E-state index in [-0.39, 0.29) is 80.9 Å². The molecule has 2 aliphatic rings. The molecule has 0 atom stereocenters. The molecule has 4 aromatic heterocycles. The van der Waals surface area contributed by atoms with Crippen LogP contribution >= 0.6 is 24.0 Å². The summed E-state index contributed by atoms with van der Waals surface area (Å²) in [6.45, 7) is 17.5. The molecule has 0 radical (unpaired) electrons. The van der Waals surface area contributed by atoms with Gasteiger partial charge in [-0.2, -0.15) is 9.97 Å². The molecule has 8 rings (SSSR count). The smallest absolute Gasteiger partial charge is 0.229 e. The molecule has 5 N–H and O–H groups in total. The van der Waals surface area contributed by atoms with Crippen LogP contribution in [-0.2, 0) is 0 Å². The van der Waals surface area contributed by atoms with Crippen molar-refractivity contribution in [3.63, 3.8) is 0 Å². The number of rotatable bonds is 8. The lowest BCUT2D eigenvalue weighted by Gasteiger charge is -2.53. The Labute approximate surface area is 391 Å². The van der Waals surface area contributed by atoms with Crippen molar-refractivity contribution in [3.05, 3.63) is 90.0 Å². The van der Waals surface area contributed by atoms with Crippen molar-refractivity contribution < 1.29 is 17.6 Å². The molecule has 0 spiro atoms. The highest BCUT2D eigenvalue weighted by molar-refractivity contribution is 6.28. The zero-order valence-electron chi connectivity index (χ0n) is 38.4. The monoisotopic (exact) mass is 958 g/mol. The molecule has 6 aromatic rings. The number of benzene rings is 2. The van der Waals surface area contributed by atoms with Crippen molar-refractivity contribution in [2.24, 2.45) is 0 Å². The molecular formula is C42H56Cl2F4N18. The van der Waals surface area contributed by atoms with E-state index in [4.69, 9.17) is 17.3 Å². The van der Waals surface area contributed by atoms with Crippen LogP contribution in [0, 0.1) is 23.3 Å². The molecule has 18 nitrogen and oxygen atoms in total. The number of anilines is 5. The lowest BCUT2D eigenvalue weighted by atomic mass is 9.77. The number of aromatic nitrogens is 12. The second kappa shape index (κ2) is 20.4. The van der Waals surface area contributed by atoms with Crippen molar-refractivity contribution in [2.45, 2.75) is 115 Å². The van der Waals surface area contributed by atoms with Crippen LogP contribution in [-0.4, -0.2) is 118 Å². The number of nitrogens with zero attached hydrogens (tertiary/aromatic N) is 14. The number of halogens is 6. The maximum absolute atomic E-state index is 14.5. The maximum atomic E-state index is 14.5. The van der Waals surface area contributed by atoms with E-state index in [2.05, 4.69) is 146 Å². The van der Waals surface area contributed by atoms with Crippen LogP contribution < -0.4 is 21.7 Å². The first-order valence-corrected chi connectivity index (χ1v) is 21.1. The van der Waals surface area contributed by atoms with Crippen LogP contribution in [0.3, 0.4) is 0 Å². The normalized spacial score (nSPS) is 17.9. The SMILES string of the molecule is CN1C(C)(C)CC(Nc2nc(Cl)ncc2F)CC1(C)C.CN1C(C)(C)CC(Nc2nc(Nc3cc(-n4cnnn4)ccc3F)ncc2F)CC1(C)C.Cl.Nc1cc(-n2cnnn2)ccc1F. The Morgan fingerprint density at radius 3 is 1.52 bits per heavy atom. The Morgan fingerprint density at radius 2 is 1.06 bits per heavy atom. The van der Waals surface area contributed by atoms with Gasteiger partial charge in [0.05, 0.1) is 35.1 Å². The highest BCUT2D eigenvalue weighted by Gasteiger charge is 2.44. The Balaban J connectivity index is 0.000000204. The van der Waals surface area contributed by atoms with Gasteiger partial charge in [0.25, 0.3) is 0 Å². The fraction of sp³-hybridized carbons (Fsp3) is 0.476. The highest BCUT2D eigenvalue weighted by Crippen LogP contribution is 2.39. The molecule has 0 aliphatic carbocycles. The first-order chi connectivity index (χ1) is 30.4. The average Bonchev–Trinajstić information content (AvgIpc) is 3.97. The number of piperidine rings is 2. The van der Waals surface area contributed by atoms with E-state index in [1.165, 1.54) is 46.3 Å². The van der Waals surface area contributed by atoms with E-state index in [0.717, 1.165) is 38.1 Å². The van der Waals surface area contributed by atoms with E-state index in [1.54, 1.807) is 12.1 Å². The molecule has 6 heterocycles. The third kappa shape index (κ3) is 12.3. The van der Waals surface area contributed by atoms with Crippen LogP contribution in [0.1, 0.15) is 81.1 Å². The molecule has 2 fully saturated rings. The summed E-state index contributed by atoms with van der Waals surface area (Å²) in [5.74, 6) is -1.64. The first kappa shape index (κ1) is 51.1. The third-order valence-corrected chi connectivity index (χ3v) is 12.3. The average molecular weight is 960 g/mol. The van der Waals surface area contributed by atoms with Gasteiger partial charge in [0.15, 0.2) is 23.3 Å². The Kier molecular flexibility index (Phi) is 15.8. The number of likely N-dealkylation sites (tertiary alicyclic amines) is 2. The zero-order chi connectivity index (χ0) is 47.5. The molecule has 2 aromatic carbocycles. The second-order valence-corrected chi connectivity index (χ2v) is 18.9. The fourth-order valence-electron chi connectivity index (χ4n) is 8.41. The van der Waals surface area contributed by atoms with E-state index in [1.807, 2.05) is 0 Å². The van der Waals surface area contributed by atoms with E-state index >= 15 is 0 Å². The number of tetrazole rings is 2. The summed E-state index contributed by atoms with van der Waals surface area (Å²) >= 11 is 5.73. The van der Waals surface area contributed by atoms with Crippen LogP contribution in [0.4, 0.5) is 46.5 Å². The van der Waals surface area contributed by atoms with Gasteiger partial charge < -0.3 is 21.7 Å². The molecule has 2 aliphatic heterocycles. The van der Waals surface area contributed by atoms with E-state index in [9.17, 15) is 17.6 Å². The second-order valence-electron chi connectivity index (χ2n) is 18.6. The minimum Gasteiger partial charge on any atom is -0.396 e. The predicted molar refractivity (Wildman–Crippen MR) is 247 cm³/mol. The van der Waals surface area contributed by atoms with Gasteiger partial charge in [0, 0.05) is 34.2 Å². The maximum Gasteiger partial charge on any atom is 0.229 e. The summed E-state index contributed by atoms with van der Waals surface area (Å²) in [7, 11) is 4.25. The van der Waals surface area contributed by atoms with Crippen LogP contribution in [0.25, 0.3) is 11.4 Å². The number of nitrogen functional groups attached to an aromatic ring is 1. The minimum atomic E-state index is -0.562. The molecular weight excluding hydrogens is 903 g/mol. The number of hydrogen-bond donors (Lipinski definition) is 4. The lowest BCUT2D eigenvalue weighted by molar-refractivity contribution is -0.00807. The summed E-state index contributed by atoms with van der Waals surface area (Å²) in [6.07, 6.45) is 8.45. The van der Waals surface area contributed by atoms with Crippen molar-refractivity contribution in [3.8, 4) is 11.4 Å². The molecule has 24 heteroatoms. The van der Waals surface area contributed by atoms with E-state index < -0.39 is 23.3 Å². The molecule has 66 heavy (non-hydrogen) atoms. The summed E-state index contributed by atoms with van der Waals surface area (Å²) < 4.78 is 58.2. The molecule has 356 valence electrons. The van der Waals surface area contributed by atoms with Gasteiger partial charge >= 0.3 is 0 Å². The van der Waals surface area contributed by atoms with Gasteiger partial charge in [-0.1, -0.05) is 0 Å². The molecule has 0 saturated carbocycles. The molecule has 0 unspecified atom stereocenters. The molecule has 0 bridgehead atoms. The van der Waals surface area contributed by atoms with Gasteiger partial charge in [-0.3, -0.25) is 9.80 Å². The van der Waals surface area contributed by atoms with Crippen molar-refractivity contribution >= 4 is 53.0 Å². The van der Waals surface area contributed by atoms with Crippen LogP contribution in [0.5, 0.6) is 0 Å². The van der Waals surface area contributed by atoms with Gasteiger partial charge in [-0.25, -0.2) is 36.9 Å². The predicted octanol–water partition coefficient (Wildman–Crippen LogP) is 7.68. The van der Waals surface area contributed by atoms with Crippen LogP contribution in [0.2, 0.25) is 5.28 Å². The topological polar surface area (TPSA) is 207 Å². The summed E-state index contributed by atoms with van der Waals surface area (Å²) in [5.41, 5.74) is 6.69. The Bertz CT molecular complexity index is 2510.